The highest BCUT2D eigenvalue weighted by atomic mass is 35.5. The van der Waals surface area contributed by atoms with Crippen LogP contribution in [0.25, 0.3) is 11.1 Å². The first-order valence-electron chi connectivity index (χ1n) is 6.78. The normalized spacial score (nSPS) is 11.8. The quantitative estimate of drug-likeness (QED) is 0.263. The average Bonchev–Trinajstić information content (AvgIpc) is 2.53. The van der Waals surface area contributed by atoms with Crippen LogP contribution in [0.15, 0.2) is 58.8 Å². The molecule has 2 aromatic carbocycles. The third kappa shape index (κ3) is 4.82. The standard InChI is InChI=1S/C16H15Cl2N3O2S/c17-11-5-10(6-12(18)7-11)9-1-3-13(4-2-9)24-8-14(19)15(21-20)16(22)23/h1-7,21H,8,19-20H2,(H,22,23)/b15-14-. The maximum absolute atomic E-state index is 10.9. The van der Waals surface area contributed by atoms with Crippen LogP contribution in [0.5, 0.6) is 0 Å². The summed E-state index contributed by atoms with van der Waals surface area (Å²) in [6, 6.07) is 13.0. The molecule has 0 saturated heterocycles. The zero-order valence-corrected chi connectivity index (χ0v) is 14.8. The van der Waals surface area contributed by atoms with Gasteiger partial charge in [-0.05, 0) is 41.5 Å². The van der Waals surface area contributed by atoms with Gasteiger partial charge in [0, 0.05) is 20.7 Å². The maximum atomic E-state index is 10.9. The highest BCUT2D eigenvalue weighted by molar-refractivity contribution is 7.99. The molecular formula is C16H15Cl2N3O2S. The number of carboxylic acids is 1. The maximum Gasteiger partial charge on any atom is 0.355 e. The lowest BCUT2D eigenvalue weighted by Gasteiger charge is -2.08. The van der Waals surface area contributed by atoms with Crippen LogP contribution >= 0.6 is 35.0 Å². The van der Waals surface area contributed by atoms with Crippen LogP contribution < -0.4 is 17.0 Å². The summed E-state index contributed by atoms with van der Waals surface area (Å²) in [6.07, 6.45) is 0. The molecule has 0 aromatic heterocycles. The summed E-state index contributed by atoms with van der Waals surface area (Å²) in [5.74, 6) is 4.26. The molecule has 0 bridgehead atoms. The van der Waals surface area contributed by atoms with Crippen molar-refractivity contribution in [2.45, 2.75) is 4.90 Å². The van der Waals surface area contributed by atoms with Gasteiger partial charge in [-0.25, -0.2) is 4.79 Å². The van der Waals surface area contributed by atoms with Gasteiger partial charge in [0.15, 0.2) is 5.70 Å². The van der Waals surface area contributed by atoms with Crippen molar-refractivity contribution in [1.29, 1.82) is 0 Å². The van der Waals surface area contributed by atoms with E-state index in [1.807, 2.05) is 36.4 Å². The van der Waals surface area contributed by atoms with Crippen LogP contribution in [0.1, 0.15) is 0 Å². The first-order valence-corrected chi connectivity index (χ1v) is 8.52. The van der Waals surface area contributed by atoms with Crippen molar-refractivity contribution in [3.63, 3.8) is 0 Å². The Morgan fingerprint density at radius 3 is 2.17 bits per heavy atom. The number of carboxylic acid groups (broad SMARTS) is 1. The number of thioether (sulfide) groups is 1. The minimum atomic E-state index is -1.19. The summed E-state index contributed by atoms with van der Waals surface area (Å²) in [5, 5.41) is 10.1. The summed E-state index contributed by atoms with van der Waals surface area (Å²) < 4.78 is 0. The first-order chi connectivity index (χ1) is 11.4. The Hall–Kier alpha value is -1.86. The third-order valence-corrected chi connectivity index (χ3v) is 4.62. The highest BCUT2D eigenvalue weighted by Gasteiger charge is 2.11. The smallest absolute Gasteiger partial charge is 0.355 e. The largest absolute Gasteiger partial charge is 0.476 e. The number of carbonyl (C=O) groups is 1. The van der Waals surface area contributed by atoms with Gasteiger partial charge in [0.1, 0.15) is 0 Å². The van der Waals surface area contributed by atoms with Gasteiger partial charge >= 0.3 is 5.97 Å². The number of rotatable bonds is 6. The number of hydrazine groups is 1. The number of hydrogen-bond acceptors (Lipinski definition) is 5. The molecule has 0 aliphatic carbocycles. The van der Waals surface area contributed by atoms with Crippen molar-refractivity contribution in [1.82, 2.24) is 5.43 Å². The summed E-state index contributed by atoms with van der Waals surface area (Å²) in [5.41, 5.74) is 9.69. The minimum Gasteiger partial charge on any atom is -0.476 e. The number of hydrogen-bond donors (Lipinski definition) is 4. The van der Waals surface area contributed by atoms with E-state index in [1.165, 1.54) is 11.8 Å². The Balaban J connectivity index is 2.11. The fourth-order valence-electron chi connectivity index (χ4n) is 1.99. The van der Waals surface area contributed by atoms with Gasteiger partial charge in [-0.15, -0.1) is 11.8 Å². The zero-order valence-electron chi connectivity index (χ0n) is 12.4. The monoisotopic (exact) mass is 383 g/mol. The summed E-state index contributed by atoms with van der Waals surface area (Å²) >= 11 is 13.4. The molecule has 0 amide bonds. The van der Waals surface area contributed by atoms with E-state index in [-0.39, 0.29) is 11.4 Å². The lowest BCUT2D eigenvalue weighted by atomic mass is 10.1. The number of nitrogens with two attached hydrogens (primary N) is 2. The second kappa shape index (κ2) is 8.30. The van der Waals surface area contributed by atoms with E-state index in [0.717, 1.165) is 16.0 Å². The van der Waals surface area contributed by atoms with Crippen LogP contribution in [0.3, 0.4) is 0 Å². The SMILES string of the molecule is NN/C(C(=O)O)=C(\N)CSc1ccc(-c2cc(Cl)cc(Cl)c2)cc1. The Bertz CT molecular complexity index is 759. The van der Waals surface area contributed by atoms with Crippen LogP contribution in [0, 0.1) is 0 Å². The van der Waals surface area contributed by atoms with E-state index in [9.17, 15) is 4.79 Å². The molecule has 8 heteroatoms. The molecule has 126 valence electrons. The van der Waals surface area contributed by atoms with Crippen molar-refractivity contribution in [2.75, 3.05) is 5.75 Å². The number of halogens is 2. The van der Waals surface area contributed by atoms with E-state index in [4.69, 9.17) is 39.9 Å². The summed E-state index contributed by atoms with van der Waals surface area (Å²) in [7, 11) is 0. The Labute approximate surface area is 153 Å². The van der Waals surface area contributed by atoms with Gasteiger partial charge in [-0.3, -0.25) is 5.84 Å². The third-order valence-electron chi connectivity index (χ3n) is 3.12. The summed E-state index contributed by atoms with van der Waals surface area (Å²) in [6.45, 7) is 0. The molecule has 2 aromatic rings. The van der Waals surface area contributed by atoms with E-state index < -0.39 is 5.97 Å². The number of aliphatic carboxylic acids is 1. The lowest BCUT2D eigenvalue weighted by Crippen LogP contribution is -2.30. The molecule has 0 saturated carbocycles. The molecule has 0 radical (unpaired) electrons. The van der Waals surface area contributed by atoms with Gasteiger partial charge in [0.05, 0.1) is 5.70 Å². The molecule has 0 aliphatic heterocycles. The predicted octanol–water partition coefficient (Wildman–Crippen LogP) is 3.47. The molecule has 0 aliphatic rings. The predicted molar refractivity (Wildman–Crippen MR) is 98.8 cm³/mol. The molecule has 0 heterocycles. The first kappa shape index (κ1) is 18.5. The Morgan fingerprint density at radius 1 is 1.08 bits per heavy atom. The van der Waals surface area contributed by atoms with Crippen LogP contribution in [0.2, 0.25) is 10.0 Å². The fourth-order valence-corrected chi connectivity index (χ4v) is 3.31. The minimum absolute atomic E-state index is 0.167. The van der Waals surface area contributed by atoms with Crippen LogP contribution in [-0.2, 0) is 4.79 Å². The van der Waals surface area contributed by atoms with Gasteiger partial charge in [0.25, 0.3) is 0 Å². The average molecular weight is 384 g/mol. The van der Waals surface area contributed by atoms with Crippen molar-refractivity contribution in [3.8, 4) is 11.1 Å². The molecule has 0 fully saturated rings. The molecule has 0 atom stereocenters. The number of nitrogens with one attached hydrogen (secondary N) is 1. The van der Waals surface area contributed by atoms with E-state index in [2.05, 4.69) is 5.43 Å². The van der Waals surface area contributed by atoms with E-state index in [1.54, 1.807) is 6.07 Å². The van der Waals surface area contributed by atoms with Gasteiger partial charge < -0.3 is 16.3 Å². The van der Waals surface area contributed by atoms with Crippen molar-refractivity contribution >= 4 is 40.9 Å². The molecule has 5 nitrogen and oxygen atoms in total. The zero-order chi connectivity index (χ0) is 17.7. The number of benzene rings is 2. The van der Waals surface area contributed by atoms with E-state index >= 15 is 0 Å². The van der Waals surface area contributed by atoms with Crippen molar-refractivity contribution < 1.29 is 9.90 Å². The fraction of sp³-hybridized carbons (Fsp3) is 0.0625. The van der Waals surface area contributed by atoms with Crippen LogP contribution in [-0.4, -0.2) is 16.8 Å². The molecule has 0 spiro atoms. The second-order valence-electron chi connectivity index (χ2n) is 4.82. The van der Waals surface area contributed by atoms with Crippen molar-refractivity contribution in [2.24, 2.45) is 11.6 Å². The Kier molecular flexibility index (Phi) is 6.39. The molecule has 0 unspecified atom stereocenters. The summed E-state index contributed by atoms with van der Waals surface area (Å²) in [4.78, 5) is 11.9. The topological polar surface area (TPSA) is 101 Å². The molecule has 6 N–H and O–H groups in total. The molecular weight excluding hydrogens is 369 g/mol. The van der Waals surface area contributed by atoms with Crippen molar-refractivity contribution in [3.05, 3.63) is 63.9 Å². The van der Waals surface area contributed by atoms with Gasteiger partial charge in [0.2, 0.25) is 0 Å². The van der Waals surface area contributed by atoms with Crippen LogP contribution in [0.4, 0.5) is 0 Å². The second-order valence-corrected chi connectivity index (χ2v) is 6.74. The lowest BCUT2D eigenvalue weighted by molar-refractivity contribution is -0.133. The highest BCUT2D eigenvalue weighted by Crippen LogP contribution is 2.29. The van der Waals surface area contributed by atoms with Gasteiger partial charge in [-0.2, -0.15) is 0 Å². The molecule has 24 heavy (non-hydrogen) atoms. The Morgan fingerprint density at radius 2 is 1.67 bits per heavy atom. The van der Waals surface area contributed by atoms with E-state index in [0.29, 0.717) is 15.8 Å². The van der Waals surface area contributed by atoms with Gasteiger partial charge in [-0.1, -0.05) is 35.3 Å². The molecule has 2 rings (SSSR count).